The Morgan fingerprint density at radius 1 is 1.35 bits per heavy atom. The highest BCUT2D eigenvalue weighted by molar-refractivity contribution is 6.52. The predicted molar refractivity (Wildman–Crippen MR) is 97.7 cm³/mol. The Bertz CT molecular complexity index is 744. The van der Waals surface area contributed by atoms with Gasteiger partial charge in [-0.1, -0.05) is 24.7 Å². The van der Waals surface area contributed by atoms with Gasteiger partial charge in [0, 0.05) is 5.82 Å². The minimum atomic E-state index is -0.880. The zero-order valence-corrected chi connectivity index (χ0v) is 15.3. The van der Waals surface area contributed by atoms with Crippen molar-refractivity contribution in [3.63, 3.8) is 0 Å². The van der Waals surface area contributed by atoms with E-state index >= 15 is 0 Å². The topological polar surface area (TPSA) is 104 Å². The number of esters is 1. The molecule has 1 atom stereocenters. The third-order valence-corrected chi connectivity index (χ3v) is 4.00. The molecular weight excluding hydrogens is 339 g/mol. The van der Waals surface area contributed by atoms with Crippen molar-refractivity contribution in [2.45, 2.75) is 39.9 Å². The molecule has 0 aliphatic carbocycles. The summed E-state index contributed by atoms with van der Waals surface area (Å²) < 4.78 is 16.1. The first kappa shape index (κ1) is 19.6. The molecule has 0 spiro atoms. The highest BCUT2D eigenvalue weighted by Crippen LogP contribution is 2.43. The summed E-state index contributed by atoms with van der Waals surface area (Å²) in [6.07, 6.45) is 0.546. The van der Waals surface area contributed by atoms with E-state index in [2.05, 4.69) is 16.8 Å². The predicted octanol–water partition coefficient (Wildman–Crippen LogP) is 4.20. The monoisotopic (exact) mass is 360 g/mol. The van der Waals surface area contributed by atoms with Crippen molar-refractivity contribution < 1.29 is 18.9 Å². The molecule has 1 unspecified atom stereocenters. The molecule has 1 aliphatic heterocycles. The van der Waals surface area contributed by atoms with Gasteiger partial charge in [0.15, 0.2) is 0 Å². The molecule has 8 nitrogen and oxygen atoms in total. The SMILES string of the molecule is C=C(OCOC(=O)C(C)(C)C)c1c(N=O)ccc2c1OB(N=O)C(C)C2. The van der Waals surface area contributed by atoms with Gasteiger partial charge in [0.2, 0.25) is 6.79 Å². The van der Waals surface area contributed by atoms with E-state index < -0.39 is 18.4 Å². The number of rotatable bonds is 6. The largest absolute Gasteiger partial charge is 0.550 e. The van der Waals surface area contributed by atoms with Gasteiger partial charge >= 0.3 is 13.0 Å². The van der Waals surface area contributed by atoms with Gasteiger partial charge in [-0.15, -0.1) is 4.91 Å². The van der Waals surface area contributed by atoms with E-state index in [1.165, 1.54) is 6.07 Å². The Hall–Kier alpha value is -2.71. The molecule has 0 radical (unpaired) electrons. The molecule has 2 rings (SSSR count). The van der Waals surface area contributed by atoms with E-state index in [0.29, 0.717) is 6.42 Å². The van der Waals surface area contributed by atoms with Crippen LogP contribution in [0.15, 0.2) is 29.0 Å². The Kier molecular flexibility index (Phi) is 5.79. The van der Waals surface area contributed by atoms with E-state index in [4.69, 9.17) is 14.1 Å². The second-order valence-electron chi connectivity index (χ2n) is 7.20. The summed E-state index contributed by atoms with van der Waals surface area (Å²) in [7, 11) is -0.880. The number of benzene rings is 1. The van der Waals surface area contributed by atoms with Crippen molar-refractivity contribution in [3.8, 4) is 5.75 Å². The van der Waals surface area contributed by atoms with Crippen molar-refractivity contribution in [1.29, 1.82) is 0 Å². The molecule has 0 N–H and O–H groups in total. The maximum atomic E-state index is 11.8. The third-order valence-electron chi connectivity index (χ3n) is 4.00. The van der Waals surface area contributed by atoms with Crippen LogP contribution in [0, 0.1) is 15.2 Å². The summed E-state index contributed by atoms with van der Waals surface area (Å²) in [6, 6.07) is 3.24. The number of carbonyl (C=O) groups excluding carboxylic acids is 1. The molecule has 1 heterocycles. The molecule has 0 aromatic heterocycles. The second kappa shape index (κ2) is 7.67. The summed E-state index contributed by atoms with van der Waals surface area (Å²) in [4.78, 5) is 33.9. The van der Waals surface area contributed by atoms with E-state index in [-0.39, 0.29) is 35.4 Å². The van der Waals surface area contributed by atoms with Crippen molar-refractivity contribution in [1.82, 2.24) is 0 Å². The summed E-state index contributed by atoms with van der Waals surface area (Å²) in [5, 5.41) is 5.94. The Balaban J connectivity index is 2.23. The van der Waals surface area contributed by atoms with Crippen LogP contribution in [0.5, 0.6) is 5.75 Å². The lowest BCUT2D eigenvalue weighted by atomic mass is 9.64. The first-order valence-electron chi connectivity index (χ1n) is 8.16. The summed E-state index contributed by atoms with van der Waals surface area (Å²) in [5.74, 6) is -0.205. The maximum Gasteiger partial charge on any atom is 0.550 e. The van der Waals surface area contributed by atoms with Crippen LogP contribution in [-0.2, 0) is 20.7 Å². The van der Waals surface area contributed by atoms with Crippen LogP contribution < -0.4 is 4.65 Å². The molecule has 0 fully saturated rings. The number of fused-ring (bicyclic) bond motifs is 1. The molecular formula is C17H21BN2O6. The number of hydrogen-bond donors (Lipinski definition) is 0. The minimum Gasteiger partial charge on any atom is -0.537 e. The molecule has 0 bridgehead atoms. The standard InChI is InChI=1S/C17H21BN2O6/c1-10-8-12-6-7-13(19-22)14(15(12)26-18(10)20-23)11(2)24-9-25-16(21)17(3,4)5/h6-7,10H,2,8-9H2,1,3-5H3. The van der Waals surface area contributed by atoms with Crippen LogP contribution in [0.4, 0.5) is 5.69 Å². The van der Waals surface area contributed by atoms with Gasteiger partial charge in [-0.3, -0.25) is 4.79 Å². The first-order valence-corrected chi connectivity index (χ1v) is 8.16. The molecule has 138 valence electrons. The lowest BCUT2D eigenvalue weighted by molar-refractivity contribution is -0.160. The van der Waals surface area contributed by atoms with Crippen LogP contribution in [-0.4, -0.2) is 19.8 Å². The van der Waals surface area contributed by atoms with Gasteiger partial charge in [-0.05, 0) is 44.0 Å². The first-order chi connectivity index (χ1) is 12.2. The van der Waals surface area contributed by atoms with Crippen molar-refractivity contribution in [2.24, 2.45) is 15.7 Å². The molecule has 0 saturated heterocycles. The van der Waals surface area contributed by atoms with E-state index in [1.54, 1.807) is 26.8 Å². The summed E-state index contributed by atoms with van der Waals surface area (Å²) >= 11 is 0. The number of carbonyl (C=O) groups is 1. The van der Waals surface area contributed by atoms with Gasteiger partial charge in [0.25, 0.3) is 0 Å². The second-order valence-corrected chi connectivity index (χ2v) is 7.20. The normalized spacial score (nSPS) is 16.2. The van der Waals surface area contributed by atoms with Crippen LogP contribution in [0.1, 0.15) is 38.8 Å². The zero-order chi connectivity index (χ0) is 19.5. The van der Waals surface area contributed by atoms with E-state index in [1.807, 2.05) is 6.92 Å². The molecule has 9 heteroatoms. The average molecular weight is 360 g/mol. The molecule has 26 heavy (non-hydrogen) atoms. The fourth-order valence-electron chi connectivity index (χ4n) is 2.51. The molecule has 0 saturated carbocycles. The van der Waals surface area contributed by atoms with Crippen LogP contribution >= 0.6 is 0 Å². The fraction of sp³-hybridized carbons (Fsp3) is 0.471. The summed E-state index contributed by atoms with van der Waals surface area (Å²) in [6.45, 7) is 10.4. The highest BCUT2D eigenvalue weighted by Gasteiger charge is 2.37. The van der Waals surface area contributed by atoms with E-state index in [9.17, 15) is 14.6 Å². The van der Waals surface area contributed by atoms with Crippen LogP contribution in [0.3, 0.4) is 0 Å². The van der Waals surface area contributed by atoms with Gasteiger partial charge < -0.3 is 14.1 Å². The van der Waals surface area contributed by atoms with Crippen LogP contribution in [0.25, 0.3) is 5.76 Å². The van der Waals surface area contributed by atoms with Gasteiger partial charge in [-0.2, -0.15) is 4.91 Å². The molecule has 1 aromatic rings. The lowest BCUT2D eigenvalue weighted by Crippen LogP contribution is -2.31. The van der Waals surface area contributed by atoms with Gasteiger partial charge in [0.1, 0.15) is 17.2 Å². The number of ether oxygens (including phenoxy) is 2. The Labute approximate surface area is 152 Å². The number of hydrogen-bond acceptors (Lipinski definition) is 8. The lowest BCUT2D eigenvalue weighted by Gasteiger charge is -2.27. The Morgan fingerprint density at radius 2 is 2.04 bits per heavy atom. The minimum absolute atomic E-state index is 0.0510. The average Bonchev–Trinajstić information content (AvgIpc) is 2.58. The van der Waals surface area contributed by atoms with Crippen LogP contribution in [0.2, 0.25) is 5.82 Å². The highest BCUT2D eigenvalue weighted by atomic mass is 16.7. The zero-order valence-electron chi connectivity index (χ0n) is 15.3. The molecule has 1 aromatic carbocycles. The third kappa shape index (κ3) is 4.09. The Morgan fingerprint density at radius 3 is 2.62 bits per heavy atom. The smallest absolute Gasteiger partial charge is 0.537 e. The van der Waals surface area contributed by atoms with Gasteiger partial charge in [0.05, 0.1) is 11.0 Å². The van der Waals surface area contributed by atoms with Gasteiger partial charge in [-0.25, -0.2) is 0 Å². The maximum absolute atomic E-state index is 11.8. The van der Waals surface area contributed by atoms with Crippen molar-refractivity contribution in [2.75, 3.05) is 6.79 Å². The van der Waals surface area contributed by atoms with Crippen molar-refractivity contribution >= 4 is 24.5 Å². The quantitative estimate of drug-likeness (QED) is 0.248. The number of nitrogens with zero attached hydrogens (tertiary/aromatic N) is 2. The molecule has 0 amide bonds. The summed E-state index contributed by atoms with van der Waals surface area (Å²) in [5.41, 5.74) is 0.394. The van der Waals surface area contributed by atoms with Crippen molar-refractivity contribution in [3.05, 3.63) is 39.7 Å². The molecule has 1 aliphatic rings. The van der Waals surface area contributed by atoms with E-state index in [0.717, 1.165) is 5.56 Å². The number of nitroso groups, excluding NO2 is 2. The fourth-order valence-corrected chi connectivity index (χ4v) is 2.51.